The van der Waals surface area contributed by atoms with Crippen LogP contribution in [0.15, 0.2) is 53.4 Å². The van der Waals surface area contributed by atoms with Gasteiger partial charge in [0.15, 0.2) is 25.5 Å². The lowest BCUT2D eigenvalue weighted by Crippen LogP contribution is -2.61. The van der Waals surface area contributed by atoms with E-state index in [0.717, 1.165) is 6.26 Å². The third-order valence-corrected chi connectivity index (χ3v) is 10.2. The minimum atomic E-state index is -3.85. The number of carbonyl (C=O) groups excluding carboxylic acids is 2. The second-order valence-electron chi connectivity index (χ2n) is 11.1. The van der Waals surface area contributed by atoms with Crippen molar-refractivity contribution in [2.24, 2.45) is 5.73 Å². The van der Waals surface area contributed by atoms with E-state index in [1.54, 1.807) is 42.5 Å². The number of anilines is 1. The summed E-state index contributed by atoms with van der Waals surface area (Å²) in [7, 11) is -7.48. The maximum Gasteiger partial charge on any atom is 0.240 e. The van der Waals surface area contributed by atoms with Crippen molar-refractivity contribution in [1.29, 1.82) is 0 Å². The van der Waals surface area contributed by atoms with Gasteiger partial charge in [0.25, 0.3) is 0 Å². The molecule has 2 aromatic carbocycles. The van der Waals surface area contributed by atoms with Crippen molar-refractivity contribution in [2.45, 2.75) is 60.4 Å². The number of nitrogens with two attached hydrogens (primary N) is 1. The summed E-state index contributed by atoms with van der Waals surface area (Å²) in [5.74, 6) is -2.11. The number of ketones is 1. The van der Waals surface area contributed by atoms with Gasteiger partial charge in [0.2, 0.25) is 5.91 Å². The summed E-state index contributed by atoms with van der Waals surface area (Å²) in [5, 5.41) is 9.08. The molecule has 0 aromatic heterocycles. The molecule has 2 aliphatic rings. The van der Waals surface area contributed by atoms with Crippen LogP contribution < -0.4 is 21.7 Å². The van der Waals surface area contributed by atoms with E-state index in [9.17, 15) is 26.4 Å². The molecule has 0 saturated carbocycles. The topological polar surface area (TPSA) is 165 Å². The first kappa shape index (κ1) is 32.0. The van der Waals surface area contributed by atoms with Crippen LogP contribution in [-0.2, 0) is 40.4 Å². The SMILES string of the molecule is CC(C)(N)C(=O)NC(CS(=O)(=O)Cc1ccccc1)C(=O)[C@H]1Nc2cccc(S(C)(=O)=O)c2C12CCNCC2.Cl. The summed E-state index contributed by atoms with van der Waals surface area (Å²) in [5.41, 5.74) is 5.35. The highest BCUT2D eigenvalue weighted by Gasteiger charge is 2.54. The molecule has 40 heavy (non-hydrogen) atoms. The summed E-state index contributed by atoms with van der Waals surface area (Å²) in [6.45, 7) is 4.03. The van der Waals surface area contributed by atoms with Crippen LogP contribution in [0.25, 0.3) is 0 Å². The molecule has 1 spiro atoms. The maximum absolute atomic E-state index is 14.3. The first-order chi connectivity index (χ1) is 18.1. The van der Waals surface area contributed by atoms with Crippen LogP contribution in [0.3, 0.4) is 0 Å². The highest BCUT2D eigenvalue weighted by Crippen LogP contribution is 2.50. The average Bonchev–Trinajstić information content (AvgIpc) is 3.16. The van der Waals surface area contributed by atoms with E-state index < -0.39 is 60.2 Å². The van der Waals surface area contributed by atoms with Crippen molar-refractivity contribution in [1.82, 2.24) is 10.6 Å². The molecule has 1 amide bonds. The zero-order chi connectivity index (χ0) is 28.6. The fraction of sp³-hybridized carbons (Fsp3) is 0.481. The van der Waals surface area contributed by atoms with Gasteiger partial charge in [-0.3, -0.25) is 9.59 Å². The molecule has 2 heterocycles. The van der Waals surface area contributed by atoms with Crippen molar-refractivity contribution in [3.8, 4) is 0 Å². The molecule has 1 saturated heterocycles. The molecule has 5 N–H and O–H groups in total. The van der Waals surface area contributed by atoms with Gasteiger partial charge in [-0.1, -0.05) is 36.4 Å². The Morgan fingerprint density at radius 1 is 1.05 bits per heavy atom. The summed E-state index contributed by atoms with van der Waals surface area (Å²) in [6, 6.07) is 11.1. The number of carbonyl (C=O) groups is 2. The van der Waals surface area contributed by atoms with Crippen LogP contribution in [0.2, 0.25) is 0 Å². The Morgan fingerprint density at radius 2 is 1.68 bits per heavy atom. The fourth-order valence-corrected chi connectivity index (χ4v) is 8.13. The maximum atomic E-state index is 14.3. The number of Topliss-reactive ketones (excluding diaryl/α,β-unsaturated/α-hetero) is 1. The van der Waals surface area contributed by atoms with E-state index in [1.807, 2.05) is 0 Å². The minimum Gasteiger partial charge on any atom is -0.374 e. The van der Waals surface area contributed by atoms with Gasteiger partial charge < -0.3 is 21.7 Å². The zero-order valence-corrected chi connectivity index (χ0v) is 25.2. The molecule has 2 aromatic rings. The van der Waals surface area contributed by atoms with Gasteiger partial charge in [-0.05, 0) is 57.5 Å². The summed E-state index contributed by atoms with van der Waals surface area (Å²) in [4.78, 5) is 27.3. The Hall–Kier alpha value is -2.51. The fourth-order valence-electron chi connectivity index (χ4n) is 5.55. The van der Waals surface area contributed by atoms with Crippen molar-refractivity contribution < 1.29 is 26.4 Å². The largest absolute Gasteiger partial charge is 0.374 e. The Morgan fingerprint density at radius 3 is 2.25 bits per heavy atom. The number of hydrogen-bond acceptors (Lipinski definition) is 9. The van der Waals surface area contributed by atoms with Crippen LogP contribution in [-0.4, -0.2) is 71.2 Å². The van der Waals surface area contributed by atoms with E-state index in [0.29, 0.717) is 42.7 Å². The zero-order valence-electron chi connectivity index (χ0n) is 22.8. The summed E-state index contributed by atoms with van der Waals surface area (Å²) >= 11 is 0. The van der Waals surface area contributed by atoms with Crippen molar-refractivity contribution in [2.75, 3.05) is 30.4 Å². The van der Waals surface area contributed by atoms with Crippen LogP contribution >= 0.6 is 12.4 Å². The van der Waals surface area contributed by atoms with Gasteiger partial charge in [-0.2, -0.15) is 0 Å². The average molecular weight is 613 g/mol. The summed E-state index contributed by atoms with van der Waals surface area (Å²) in [6.07, 6.45) is 2.04. The molecular weight excluding hydrogens is 576 g/mol. The molecule has 2 aliphatic heterocycles. The number of amides is 1. The third-order valence-electron chi connectivity index (χ3n) is 7.44. The van der Waals surface area contributed by atoms with Gasteiger partial charge in [-0.15, -0.1) is 12.4 Å². The van der Waals surface area contributed by atoms with E-state index >= 15 is 0 Å². The Bertz CT molecular complexity index is 1470. The molecule has 0 aliphatic carbocycles. The van der Waals surface area contributed by atoms with E-state index in [2.05, 4.69) is 16.0 Å². The van der Waals surface area contributed by atoms with Crippen LogP contribution in [0.5, 0.6) is 0 Å². The number of benzene rings is 2. The number of sulfone groups is 2. The predicted octanol–water partition coefficient (Wildman–Crippen LogP) is 1.33. The molecule has 13 heteroatoms. The van der Waals surface area contributed by atoms with Crippen molar-refractivity contribution in [3.05, 3.63) is 59.7 Å². The van der Waals surface area contributed by atoms with E-state index in [-0.39, 0.29) is 23.1 Å². The van der Waals surface area contributed by atoms with E-state index in [4.69, 9.17) is 5.73 Å². The first-order valence-corrected chi connectivity index (χ1v) is 16.5. The lowest BCUT2D eigenvalue weighted by Gasteiger charge is -2.40. The molecule has 4 rings (SSSR count). The van der Waals surface area contributed by atoms with Crippen molar-refractivity contribution in [3.63, 3.8) is 0 Å². The minimum absolute atomic E-state index is 0. The number of piperidine rings is 1. The highest BCUT2D eigenvalue weighted by molar-refractivity contribution is 7.91. The standard InChI is InChI=1S/C27H36N4O6S2.ClH/c1-26(2,28)25(33)31-20(17-39(36,37)16-18-8-5-4-6-9-18)23(32)24-27(12-14-29-15-13-27)22-19(30-24)10-7-11-21(22)38(3,34)35;/h4-11,20,24,29-30H,12-17,28H2,1-3H3,(H,31,33);1H/t20?,24-;/m1./s1. The quantitative estimate of drug-likeness (QED) is 0.327. The number of hydrogen-bond donors (Lipinski definition) is 4. The smallest absolute Gasteiger partial charge is 0.240 e. The molecule has 2 atom stereocenters. The first-order valence-electron chi connectivity index (χ1n) is 12.8. The third kappa shape index (κ3) is 6.68. The van der Waals surface area contributed by atoms with Crippen LogP contribution in [0.1, 0.15) is 37.8 Å². The van der Waals surface area contributed by atoms with Gasteiger partial charge >= 0.3 is 0 Å². The Kier molecular flexibility index (Phi) is 9.42. The van der Waals surface area contributed by atoms with Gasteiger partial charge in [0.05, 0.1) is 28.0 Å². The van der Waals surface area contributed by atoms with Gasteiger partial charge in [0.1, 0.15) is 6.04 Å². The number of halogens is 1. The number of fused-ring (bicyclic) bond motifs is 2. The molecule has 1 unspecified atom stereocenters. The van der Waals surface area contributed by atoms with E-state index in [1.165, 1.54) is 19.9 Å². The molecule has 220 valence electrons. The molecule has 1 fully saturated rings. The Labute approximate surface area is 242 Å². The highest BCUT2D eigenvalue weighted by atomic mass is 35.5. The number of rotatable bonds is 9. The second-order valence-corrected chi connectivity index (χ2v) is 15.2. The normalized spacial score (nSPS) is 19.1. The molecule has 0 radical (unpaired) electrons. The molecular formula is C27H37ClN4O6S2. The van der Waals surface area contributed by atoms with Crippen molar-refractivity contribution >= 4 is 49.5 Å². The number of nitrogens with one attached hydrogen (secondary N) is 3. The monoisotopic (exact) mass is 612 g/mol. The second kappa shape index (κ2) is 11.8. The van der Waals surface area contributed by atoms with Gasteiger partial charge in [0, 0.05) is 22.9 Å². The van der Waals surface area contributed by atoms with Gasteiger partial charge in [-0.25, -0.2) is 16.8 Å². The predicted molar refractivity (Wildman–Crippen MR) is 157 cm³/mol. The lowest BCUT2D eigenvalue weighted by atomic mass is 9.68. The van der Waals surface area contributed by atoms with Crippen LogP contribution in [0.4, 0.5) is 5.69 Å². The lowest BCUT2D eigenvalue weighted by molar-refractivity contribution is -0.130. The summed E-state index contributed by atoms with van der Waals surface area (Å²) < 4.78 is 52.1. The molecule has 10 nitrogen and oxygen atoms in total. The molecule has 0 bridgehead atoms. The Balaban J connectivity index is 0.00000441. The van der Waals surface area contributed by atoms with Crippen LogP contribution in [0, 0.1) is 0 Å².